The molecule has 0 radical (unpaired) electrons. The first-order valence-corrected chi connectivity index (χ1v) is 6.32. The first-order chi connectivity index (χ1) is 7.68. The maximum atomic E-state index is 6.03. The van der Waals surface area contributed by atoms with Crippen LogP contribution in [0.25, 0.3) is 0 Å². The second-order valence-electron chi connectivity index (χ2n) is 4.59. The second-order valence-corrected chi connectivity index (χ2v) is 5.02. The first-order valence-electron chi connectivity index (χ1n) is 5.94. The van der Waals surface area contributed by atoms with Gasteiger partial charge < -0.3 is 11.1 Å². The van der Waals surface area contributed by atoms with Gasteiger partial charge in [-0.15, -0.1) is 0 Å². The minimum Gasteiger partial charge on any atom is -0.324 e. The number of halogens is 1. The van der Waals surface area contributed by atoms with Gasteiger partial charge >= 0.3 is 0 Å². The predicted molar refractivity (Wildman–Crippen MR) is 68.9 cm³/mol. The Hall–Kier alpha value is -0.570. The number of rotatable bonds is 2. The summed E-state index contributed by atoms with van der Waals surface area (Å²) >= 11 is 6.03. The smallest absolute Gasteiger partial charge is 0.0409 e. The molecule has 3 heteroatoms. The van der Waals surface area contributed by atoms with Gasteiger partial charge in [-0.1, -0.05) is 17.7 Å². The molecule has 0 aliphatic carbocycles. The van der Waals surface area contributed by atoms with E-state index >= 15 is 0 Å². The summed E-state index contributed by atoms with van der Waals surface area (Å²) in [5.74, 6) is 0.638. The molecule has 1 saturated heterocycles. The summed E-state index contributed by atoms with van der Waals surface area (Å²) in [6.45, 7) is 4.23. The van der Waals surface area contributed by atoms with Gasteiger partial charge in [-0.3, -0.25) is 0 Å². The Morgan fingerprint density at radius 2 is 2.06 bits per heavy atom. The first kappa shape index (κ1) is 11.9. The molecule has 0 amide bonds. The van der Waals surface area contributed by atoms with Gasteiger partial charge in [0.25, 0.3) is 0 Å². The zero-order valence-corrected chi connectivity index (χ0v) is 10.4. The highest BCUT2D eigenvalue weighted by Gasteiger charge is 2.19. The molecular formula is C13H19ClN2. The van der Waals surface area contributed by atoms with Crippen LogP contribution in [0.1, 0.15) is 42.9 Å². The standard InChI is InChI=1S/C13H19ClN2/c1-9(15)13-8-11(14)2-3-12(13)10-4-6-16-7-5-10/h2-3,8-10,16H,4-7,15H2,1H3/t9-/m0/s1. The van der Waals surface area contributed by atoms with Crippen LogP contribution in [-0.4, -0.2) is 13.1 Å². The van der Waals surface area contributed by atoms with E-state index in [2.05, 4.69) is 11.4 Å². The molecule has 0 saturated carbocycles. The van der Waals surface area contributed by atoms with Crippen molar-refractivity contribution < 1.29 is 0 Å². The van der Waals surface area contributed by atoms with E-state index in [9.17, 15) is 0 Å². The molecule has 1 heterocycles. The van der Waals surface area contributed by atoms with Crippen LogP contribution in [0.3, 0.4) is 0 Å². The zero-order chi connectivity index (χ0) is 11.5. The van der Waals surface area contributed by atoms with Crippen molar-refractivity contribution in [3.8, 4) is 0 Å². The summed E-state index contributed by atoms with van der Waals surface area (Å²) in [5.41, 5.74) is 8.61. The van der Waals surface area contributed by atoms with Crippen molar-refractivity contribution in [2.75, 3.05) is 13.1 Å². The Balaban J connectivity index is 2.31. The van der Waals surface area contributed by atoms with Crippen LogP contribution in [0, 0.1) is 0 Å². The SMILES string of the molecule is C[C@H](N)c1cc(Cl)ccc1C1CCNCC1. The van der Waals surface area contributed by atoms with Crippen LogP contribution in [-0.2, 0) is 0 Å². The molecule has 1 aliphatic heterocycles. The van der Waals surface area contributed by atoms with Gasteiger partial charge in [0.1, 0.15) is 0 Å². The van der Waals surface area contributed by atoms with Crippen molar-refractivity contribution in [2.24, 2.45) is 5.73 Å². The lowest BCUT2D eigenvalue weighted by Gasteiger charge is -2.26. The normalized spacial score (nSPS) is 19.7. The molecule has 1 aromatic rings. The average molecular weight is 239 g/mol. The number of benzene rings is 1. The summed E-state index contributed by atoms with van der Waals surface area (Å²) in [5, 5.41) is 4.17. The predicted octanol–water partition coefficient (Wildman–Crippen LogP) is 2.83. The number of hydrogen-bond donors (Lipinski definition) is 2. The van der Waals surface area contributed by atoms with Crippen molar-refractivity contribution in [2.45, 2.75) is 31.7 Å². The Bertz CT molecular complexity index is 357. The van der Waals surface area contributed by atoms with Gasteiger partial charge in [0.15, 0.2) is 0 Å². The van der Waals surface area contributed by atoms with E-state index in [-0.39, 0.29) is 6.04 Å². The largest absolute Gasteiger partial charge is 0.324 e. The third-order valence-electron chi connectivity index (χ3n) is 3.32. The van der Waals surface area contributed by atoms with Gasteiger partial charge in [-0.2, -0.15) is 0 Å². The molecule has 0 unspecified atom stereocenters. The Kier molecular flexibility index (Phi) is 3.85. The van der Waals surface area contributed by atoms with E-state index in [4.69, 9.17) is 17.3 Å². The lowest BCUT2D eigenvalue weighted by atomic mass is 9.85. The molecule has 1 fully saturated rings. The molecular weight excluding hydrogens is 220 g/mol. The van der Waals surface area contributed by atoms with Crippen molar-refractivity contribution in [3.05, 3.63) is 34.3 Å². The monoisotopic (exact) mass is 238 g/mol. The van der Waals surface area contributed by atoms with Crippen LogP contribution >= 0.6 is 11.6 Å². The van der Waals surface area contributed by atoms with E-state index in [1.54, 1.807) is 0 Å². The highest BCUT2D eigenvalue weighted by molar-refractivity contribution is 6.30. The molecule has 16 heavy (non-hydrogen) atoms. The minimum absolute atomic E-state index is 0.0589. The van der Waals surface area contributed by atoms with Crippen LogP contribution < -0.4 is 11.1 Å². The fourth-order valence-electron chi connectivity index (χ4n) is 2.44. The molecule has 0 aromatic heterocycles. The van der Waals surface area contributed by atoms with Crippen LogP contribution in [0.5, 0.6) is 0 Å². The van der Waals surface area contributed by atoms with E-state index in [1.165, 1.54) is 24.0 Å². The van der Waals surface area contributed by atoms with Crippen molar-refractivity contribution in [3.63, 3.8) is 0 Å². The maximum Gasteiger partial charge on any atom is 0.0409 e. The molecule has 1 aliphatic rings. The van der Waals surface area contributed by atoms with Crippen molar-refractivity contribution >= 4 is 11.6 Å². The Morgan fingerprint density at radius 3 is 2.69 bits per heavy atom. The van der Waals surface area contributed by atoms with Gasteiger partial charge in [0.2, 0.25) is 0 Å². The summed E-state index contributed by atoms with van der Waals surface area (Å²) in [7, 11) is 0. The second kappa shape index (κ2) is 5.17. The van der Waals surface area contributed by atoms with E-state index < -0.39 is 0 Å². The Labute approximate surface area is 102 Å². The Morgan fingerprint density at radius 1 is 1.38 bits per heavy atom. The third-order valence-corrected chi connectivity index (χ3v) is 3.55. The molecule has 3 N–H and O–H groups in total. The lowest BCUT2D eigenvalue weighted by Crippen LogP contribution is -2.27. The van der Waals surface area contributed by atoms with Gasteiger partial charge in [0, 0.05) is 11.1 Å². The van der Waals surface area contributed by atoms with Crippen LogP contribution in [0.2, 0.25) is 5.02 Å². The van der Waals surface area contributed by atoms with Gasteiger partial charge in [-0.05, 0) is 62.0 Å². The summed E-state index contributed by atoms with van der Waals surface area (Å²) < 4.78 is 0. The zero-order valence-electron chi connectivity index (χ0n) is 9.67. The van der Waals surface area contributed by atoms with Crippen molar-refractivity contribution in [1.29, 1.82) is 0 Å². The lowest BCUT2D eigenvalue weighted by molar-refractivity contribution is 0.457. The molecule has 88 valence electrons. The van der Waals surface area contributed by atoms with E-state index in [0.717, 1.165) is 18.1 Å². The number of nitrogens with one attached hydrogen (secondary N) is 1. The third kappa shape index (κ3) is 2.57. The number of piperidine rings is 1. The number of hydrogen-bond acceptors (Lipinski definition) is 2. The molecule has 1 aromatic carbocycles. The van der Waals surface area contributed by atoms with Crippen LogP contribution in [0.4, 0.5) is 0 Å². The molecule has 0 spiro atoms. The fourth-order valence-corrected chi connectivity index (χ4v) is 2.63. The topological polar surface area (TPSA) is 38.0 Å². The molecule has 0 bridgehead atoms. The van der Waals surface area contributed by atoms with Crippen molar-refractivity contribution in [1.82, 2.24) is 5.32 Å². The van der Waals surface area contributed by atoms with Gasteiger partial charge in [-0.25, -0.2) is 0 Å². The maximum absolute atomic E-state index is 6.03. The fraction of sp³-hybridized carbons (Fsp3) is 0.538. The van der Waals surface area contributed by atoms with E-state index in [1.807, 2.05) is 19.1 Å². The highest BCUT2D eigenvalue weighted by atomic mass is 35.5. The average Bonchev–Trinajstić information content (AvgIpc) is 2.30. The molecule has 1 atom stereocenters. The quantitative estimate of drug-likeness (QED) is 0.832. The minimum atomic E-state index is 0.0589. The molecule has 2 rings (SSSR count). The summed E-state index contributed by atoms with van der Waals surface area (Å²) in [6, 6.07) is 6.20. The van der Waals surface area contributed by atoms with Crippen LogP contribution in [0.15, 0.2) is 18.2 Å². The highest BCUT2D eigenvalue weighted by Crippen LogP contribution is 2.32. The van der Waals surface area contributed by atoms with Gasteiger partial charge in [0.05, 0.1) is 0 Å². The summed E-state index contributed by atoms with van der Waals surface area (Å²) in [4.78, 5) is 0. The summed E-state index contributed by atoms with van der Waals surface area (Å²) in [6.07, 6.45) is 2.39. The van der Waals surface area contributed by atoms with E-state index in [0.29, 0.717) is 5.92 Å². The molecule has 2 nitrogen and oxygen atoms in total. The number of nitrogens with two attached hydrogens (primary N) is 1.